The molecule has 2 aliphatic heterocycles. The molecule has 3 heterocycles. The van der Waals surface area contributed by atoms with Crippen LogP contribution in [0.3, 0.4) is 0 Å². The molecule has 1 fully saturated rings. The van der Waals surface area contributed by atoms with Crippen LogP contribution in [0.2, 0.25) is 0 Å². The molecule has 154 valence electrons. The van der Waals surface area contributed by atoms with Gasteiger partial charge in [-0.25, -0.2) is 4.98 Å². The number of aliphatic hydroxyl groups is 1. The highest BCUT2D eigenvalue weighted by Crippen LogP contribution is 2.29. The van der Waals surface area contributed by atoms with Crippen LogP contribution in [-0.2, 0) is 0 Å². The summed E-state index contributed by atoms with van der Waals surface area (Å²) in [5.74, 6) is -0.648. The van der Waals surface area contributed by atoms with Gasteiger partial charge in [-0.3, -0.25) is 19.4 Å². The summed E-state index contributed by atoms with van der Waals surface area (Å²) >= 11 is 1.70. The molecular weight excluding hydrogens is 400 g/mol. The molecular formula is C22H22N4O3S. The zero-order valence-electron chi connectivity index (χ0n) is 16.4. The summed E-state index contributed by atoms with van der Waals surface area (Å²) < 4.78 is 1.19. The number of hydrogen-bond acceptors (Lipinski definition) is 7. The third kappa shape index (κ3) is 3.47. The highest BCUT2D eigenvalue weighted by atomic mass is 32.1. The first-order chi connectivity index (χ1) is 14.6. The van der Waals surface area contributed by atoms with Crippen molar-refractivity contribution in [2.24, 2.45) is 0 Å². The highest BCUT2D eigenvalue weighted by Gasteiger charge is 2.36. The van der Waals surface area contributed by atoms with Crippen LogP contribution in [-0.4, -0.2) is 77.1 Å². The van der Waals surface area contributed by atoms with Gasteiger partial charge < -0.3 is 10.0 Å². The number of nitrogens with zero attached hydrogens (tertiary/aromatic N) is 4. The van der Waals surface area contributed by atoms with E-state index in [-0.39, 0.29) is 18.4 Å². The van der Waals surface area contributed by atoms with E-state index in [4.69, 9.17) is 4.98 Å². The minimum absolute atomic E-state index is 0.0183. The monoisotopic (exact) mass is 422 g/mol. The molecule has 1 N–H and O–H groups in total. The summed E-state index contributed by atoms with van der Waals surface area (Å²) in [6.45, 7) is 3.72. The zero-order chi connectivity index (χ0) is 20.7. The summed E-state index contributed by atoms with van der Waals surface area (Å²) in [4.78, 5) is 35.3. The van der Waals surface area contributed by atoms with Crippen LogP contribution < -0.4 is 4.90 Å². The molecule has 2 aliphatic rings. The van der Waals surface area contributed by atoms with Crippen LogP contribution in [0.5, 0.6) is 0 Å². The number of β-amino-alcohol motifs (C(OH)–C–C–N with tert-alkyl or cyclic N) is 1. The molecule has 7 nitrogen and oxygen atoms in total. The topological polar surface area (TPSA) is 77.0 Å². The van der Waals surface area contributed by atoms with E-state index >= 15 is 0 Å². The van der Waals surface area contributed by atoms with Gasteiger partial charge in [0.1, 0.15) is 0 Å². The van der Waals surface area contributed by atoms with Crippen molar-refractivity contribution in [3.63, 3.8) is 0 Å². The van der Waals surface area contributed by atoms with E-state index in [1.165, 1.54) is 4.70 Å². The van der Waals surface area contributed by atoms with Crippen molar-refractivity contribution in [1.29, 1.82) is 0 Å². The number of carbonyl (C=O) groups is 2. The number of thiazole rings is 1. The van der Waals surface area contributed by atoms with Gasteiger partial charge in [-0.05, 0) is 24.3 Å². The fraction of sp³-hybridized carbons (Fsp3) is 0.318. The molecule has 1 aromatic heterocycles. The number of benzene rings is 2. The maximum absolute atomic E-state index is 12.5. The Balaban J connectivity index is 1.16. The molecule has 0 spiro atoms. The Morgan fingerprint density at radius 1 is 0.900 bits per heavy atom. The van der Waals surface area contributed by atoms with Crippen molar-refractivity contribution >= 4 is 38.5 Å². The fourth-order valence-corrected chi connectivity index (χ4v) is 5.11. The normalized spacial score (nSPS) is 18.3. The number of imide groups is 1. The Morgan fingerprint density at radius 3 is 2.20 bits per heavy atom. The van der Waals surface area contributed by atoms with Crippen molar-refractivity contribution in [1.82, 2.24) is 14.8 Å². The van der Waals surface area contributed by atoms with Crippen LogP contribution in [0.4, 0.5) is 5.13 Å². The third-order valence-corrected chi connectivity index (χ3v) is 6.76. The van der Waals surface area contributed by atoms with Gasteiger partial charge in [-0.15, -0.1) is 0 Å². The Labute approximate surface area is 178 Å². The summed E-state index contributed by atoms with van der Waals surface area (Å²) in [6, 6.07) is 14.9. The van der Waals surface area contributed by atoms with Gasteiger partial charge in [-0.2, -0.15) is 0 Å². The van der Waals surface area contributed by atoms with Gasteiger partial charge in [0.2, 0.25) is 0 Å². The van der Waals surface area contributed by atoms with E-state index in [2.05, 4.69) is 15.9 Å². The average Bonchev–Trinajstić information content (AvgIpc) is 3.30. The number of fused-ring (bicyclic) bond motifs is 2. The quantitative estimate of drug-likeness (QED) is 0.635. The average molecular weight is 423 g/mol. The van der Waals surface area contributed by atoms with Gasteiger partial charge in [0.05, 0.1) is 34.0 Å². The van der Waals surface area contributed by atoms with E-state index in [0.717, 1.165) is 41.7 Å². The number of hydrogen-bond donors (Lipinski definition) is 1. The van der Waals surface area contributed by atoms with E-state index < -0.39 is 6.10 Å². The molecule has 0 radical (unpaired) electrons. The Hall–Kier alpha value is -2.81. The summed E-state index contributed by atoms with van der Waals surface area (Å²) in [6.07, 6.45) is -0.777. The Morgan fingerprint density at radius 2 is 1.53 bits per heavy atom. The molecule has 5 rings (SSSR count). The minimum atomic E-state index is -0.777. The third-order valence-electron chi connectivity index (χ3n) is 5.67. The van der Waals surface area contributed by atoms with Gasteiger partial charge in [-0.1, -0.05) is 35.6 Å². The van der Waals surface area contributed by atoms with Gasteiger partial charge >= 0.3 is 0 Å². The second-order valence-electron chi connectivity index (χ2n) is 7.67. The largest absolute Gasteiger partial charge is 0.390 e. The first-order valence-corrected chi connectivity index (χ1v) is 10.9. The van der Waals surface area contributed by atoms with Crippen LogP contribution in [0, 0.1) is 0 Å². The maximum atomic E-state index is 12.5. The van der Waals surface area contributed by atoms with Crippen molar-refractivity contribution < 1.29 is 14.7 Å². The summed E-state index contributed by atoms with van der Waals surface area (Å²) in [5, 5.41) is 11.6. The number of anilines is 1. The van der Waals surface area contributed by atoms with Crippen molar-refractivity contribution in [2.75, 3.05) is 44.2 Å². The second-order valence-corrected chi connectivity index (χ2v) is 8.68. The zero-order valence-corrected chi connectivity index (χ0v) is 17.2. The lowest BCUT2D eigenvalue weighted by Gasteiger charge is -2.35. The number of carbonyl (C=O) groups excluding carboxylic acids is 2. The van der Waals surface area contributed by atoms with E-state index in [1.54, 1.807) is 35.6 Å². The lowest BCUT2D eigenvalue weighted by Crippen LogP contribution is -2.50. The molecule has 2 aromatic carbocycles. The molecule has 3 aromatic rings. The number of para-hydroxylation sites is 1. The number of aliphatic hydroxyl groups excluding tert-OH is 1. The van der Waals surface area contributed by atoms with Gasteiger partial charge in [0, 0.05) is 32.7 Å². The Kier molecular flexibility index (Phi) is 4.98. The summed E-state index contributed by atoms with van der Waals surface area (Å²) in [5.41, 5.74) is 1.86. The van der Waals surface area contributed by atoms with E-state index in [9.17, 15) is 14.7 Å². The lowest BCUT2D eigenvalue weighted by molar-refractivity contribution is 0.0469. The summed E-state index contributed by atoms with van der Waals surface area (Å²) in [7, 11) is 0. The predicted molar refractivity (Wildman–Crippen MR) is 116 cm³/mol. The lowest BCUT2D eigenvalue weighted by atomic mass is 10.1. The van der Waals surface area contributed by atoms with Gasteiger partial charge in [0.25, 0.3) is 11.8 Å². The number of aromatic nitrogens is 1. The van der Waals surface area contributed by atoms with E-state index in [0.29, 0.717) is 17.7 Å². The molecule has 1 unspecified atom stereocenters. The number of rotatable bonds is 5. The van der Waals surface area contributed by atoms with Crippen LogP contribution in [0.25, 0.3) is 10.2 Å². The molecule has 0 aliphatic carbocycles. The van der Waals surface area contributed by atoms with Crippen molar-refractivity contribution in [2.45, 2.75) is 6.10 Å². The SMILES string of the molecule is O=C1c2ccccc2C(=O)N1CC(O)CN1CCN(c2nc3ccccc3s2)CC1. The molecule has 2 amide bonds. The second kappa shape index (κ2) is 7.79. The van der Waals surface area contributed by atoms with Crippen LogP contribution >= 0.6 is 11.3 Å². The van der Waals surface area contributed by atoms with Crippen LogP contribution in [0.1, 0.15) is 20.7 Å². The number of amides is 2. The molecule has 0 bridgehead atoms. The van der Waals surface area contributed by atoms with Gasteiger partial charge in [0.15, 0.2) is 5.13 Å². The first kappa shape index (κ1) is 19.2. The van der Waals surface area contributed by atoms with E-state index in [1.807, 2.05) is 18.2 Å². The predicted octanol–water partition coefficient (Wildman–Crippen LogP) is 2.08. The fourth-order valence-electron chi connectivity index (χ4n) is 4.09. The molecule has 0 saturated carbocycles. The van der Waals surface area contributed by atoms with Crippen molar-refractivity contribution in [3.8, 4) is 0 Å². The van der Waals surface area contributed by atoms with Crippen LogP contribution in [0.15, 0.2) is 48.5 Å². The maximum Gasteiger partial charge on any atom is 0.261 e. The number of piperazine rings is 1. The minimum Gasteiger partial charge on any atom is -0.390 e. The highest BCUT2D eigenvalue weighted by molar-refractivity contribution is 7.22. The molecule has 30 heavy (non-hydrogen) atoms. The standard InChI is InChI=1S/C22H22N4O3S/c27-15(14-26-20(28)16-5-1-2-6-17(16)21(26)29)13-24-9-11-25(12-10-24)22-23-18-7-3-4-8-19(18)30-22/h1-8,15,27H,9-14H2. The first-order valence-electron chi connectivity index (χ1n) is 10.1. The Bertz CT molecular complexity index is 1040. The molecule has 1 saturated heterocycles. The molecule has 1 atom stereocenters. The smallest absolute Gasteiger partial charge is 0.261 e. The molecule has 8 heteroatoms. The van der Waals surface area contributed by atoms with Crippen molar-refractivity contribution in [3.05, 3.63) is 59.7 Å².